The summed E-state index contributed by atoms with van der Waals surface area (Å²) in [7, 11) is -4.07. The molecule has 3 aromatic rings. The average Bonchev–Trinajstić information content (AvgIpc) is 3.08. The maximum atomic E-state index is 13.7. The number of ether oxygens (including phenoxy) is 2. The van der Waals surface area contributed by atoms with Crippen LogP contribution in [0.4, 0.5) is 5.95 Å². The van der Waals surface area contributed by atoms with Gasteiger partial charge in [-0.2, -0.15) is 4.98 Å². The van der Waals surface area contributed by atoms with Crippen LogP contribution >= 0.6 is 0 Å². The zero-order chi connectivity index (χ0) is 28.4. The van der Waals surface area contributed by atoms with Crippen LogP contribution in [0.5, 0.6) is 5.88 Å². The highest BCUT2D eigenvalue weighted by Gasteiger charge is 2.52. The Morgan fingerprint density at radius 3 is 2.46 bits per heavy atom. The molecule has 3 aliphatic heterocycles. The highest BCUT2D eigenvalue weighted by molar-refractivity contribution is 7.92. The van der Waals surface area contributed by atoms with Crippen LogP contribution in [0.3, 0.4) is 0 Å². The molecule has 214 valence electrons. The van der Waals surface area contributed by atoms with E-state index >= 15 is 0 Å². The molecule has 3 fully saturated rings. The summed E-state index contributed by atoms with van der Waals surface area (Å²) < 4.78 is 41.4. The first kappa shape index (κ1) is 26.4. The van der Waals surface area contributed by atoms with Gasteiger partial charge in [0.2, 0.25) is 11.8 Å². The van der Waals surface area contributed by atoms with Crippen LogP contribution in [0.15, 0.2) is 53.4 Å². The minimum absolute atomic E-state index is 0.0263. The zero-order valence-electron chi connectivity index (χ0n) is 23.2. The average molecular weight is 576 g/mol. The molecule has 4 aliphatic rings. The fourth-order valence-corrected chi connectivity index (χ4v) is 7.61. The lowest BCUT2D eigenvalue weighted by Gasteiger charge is -2.56. The monoisotopic (exact) mass is 575 g/mol. The Morgan fingerprint density at radius 1 is 0.976 bits per heavy atom. The van der Waals surface area contributed by atoms with Crippen molar-refractivity contribution in [3.05, 3.63) is 65.2 Å². The number of nitrogens with zero attached hydrogens (tertiary/aromatic N) is 4. The van der Waals surface area contributed by atoms with Crippen LogP contribution in [-0.2, 0) is 14.8 Å². The minimum Gasteiger partial charge on any atom is -0.471 e. The molecule has 1 saturated carbocycles. The van der Waals surface area contributed by atoms with E-state index in [-0.39, 0.29) is 28.7 Å². The summed E-state index contributed by atoms with van der Waals surface area (Å²) in [4.78, 5) is 27.0. The maximum Gasteiger partial charge on any atom is 0.264 e. The van der Waals surface area contributed by atoms with Crippen molar-refractivity contribution in [2.75, 3.05) is 44.1 Å². The molecule has 2 aromatic carbocycles. The van der Waals surface area contributed by atoms with Crippen molar-refractivity contribution >= 4 is 21.9 Å². The molecule has 6 bridgehead atoms. The molecular weight excluding hydrogens is 542 g/mol. The summed E-state index contributed by atoms with van der Waals surface area (Å²) in [5, 5.41) is 0. The molecule has 1 N–H and O–H groups in total. The van der Waals surface area contributed by atoms with Crippen LogP contribution in [0, 0.1) is 19.3 Å². The highest BCUT2D eigenvalue weighted by atomic mass is 32.2. The van der Waals surface area contributed by atoms with Gasteiger partial charge >= 0.3 is 0 Å². The summed E-state index contributed by atoms with van der Waals surface area (Å²) in [5.41, 5.74) is 4.11. The fraction of sp³-hybridized carbons (Fsp3) is 0.433. The van der Waals surface area contributed by atoms with Crippen molar-refractivity contribution < 1.29 is 22.7 Å². The lowest BCUT2D eigenvalue weighted by atomic mass is 9.63. The molecule has 1 aromatic heterocycles. The smallest absolute Gasteiger partial charge is 0.264 e. The Labute approximate surface area is 239 Å². The van der Waals surface area contributed by atoms with Crippen molar-refractivity contribution in [2.45, 2.75) is 43.7 Å². The number of benzene rings is 2. The van der Waals surface area contributed by atoms with E-state index in [0.29, 0.717) is 42.3 Å². The van der Waals surface area contributed by atoms with Gasteiger partial charge in [-0.15, -0.1) is 0 Å². The summed E-state index contributed by atoms with van der Waals surface area (Å²) in [6, 6.07) is 14.3. The number of carbonyl (C=O) groups excluding carboxylic acids is 1. The number of nitrogens with one attached hydrogen (secondary N) is 1. The standard InChI is InChI=1S/C30H33N5O5S/c1-19-5-3-6-20(2)27(19)25-12-26-32-29(31-25)33-41(37,38)24-8-4-7-21(11-24)28(36)35-10-9-34(15-23(16-35)40-26)22-13-30(14-22)17-39-18-30/h3-8,11-12,22-23H,9-10,13-18H2,1-2H3,(H,31,32,33)/t23-/m1/s1. The number of rotatable bonds is 2. The Balaban J connectivity index is 1.31. The van der Waals surface area contributed by atoms with E-state index in [1.54, 1.807) is 23.1 Å². The first-order valence-electron chi connectivity index (χ1n) is 14.0. The topological polar surface area (TPSA) is 114 Å². The lowest BCUT2D eigenvalue weighted by Crippen LogP contribution is -2.60. The Kier molecular flexibility index (Phi) is 6.29. The number of sulfonamides is 1. The predicted molar refractivity (Wildman–Crippen MR) is 152 cm³/mol. The largest absolute Gasteiger partial charge is 0.471 e. The van der Waals surface area contributed by atoms with E-state index in [1.165, 1.54) is 12.1 Å². The predicted octanol–water partition coefficient (Wildman–Crippen LogP) is 3.26. The van der Waals surface area contributed by atoms with Gasteiger partial charge < -0.3 is 14.4 Å². The van der Waals surface area contributed by atoms with E-state index in [4.69, 9.17) is 9.47 Å². The summed E-state index contributed by atoms with van der Waals surface area (Å²) in [5.74, 6) is -0.0364. The first-order valence-corrected chi connectivity index (χ1v) is 15.5. The van der Waals surface area contributed by atoms with Crippen LogP contribution in [0.1, 0.15) is 34.3 Å². The van der Waals surface area contributed by atoms with Crippen LogP contribution in [-0.4, -0.2) is 85.6 Å². The van der Waals surface area contributed by atoms with Crippen molar-refractivity contribution in [3.8, 4) is 17.1 Å². The molecular formula is C30H33N5O5S. The maximum absolute atomic E-state index is 13.7. The second-order valence-corrected chi connectivity index (χ2v) is 13.5. The molecule has 1 amide bonds. The van der Waals surface area contributed by atoms with Gasteiger partial charge in [0.25, 0.3) is 15.9 Å². The van der Waals surface area contributed by atoms with Crippen molar-refractivity contribution in [1.29, 1.82) is 0 Å². The van der Waals surface area contributed by atoms with Gasteiger partial charge in [0.05, 0.1) is 30.3 Å². The number of anilines is 1. The van der Waals surface area contributed by atoms with Crippen molar-refractivity contribution in [3.63, 3.8) is 0 Å². The van der Waals surface area contributed by atoms with Gasteiger partial charge in [-0.25, -0.2) is 18.1 Å². The highest BCUT2D eigenvalue weighted by Crippen LogP contribution is 2.49. The Bertz CT molecular complexity index is 1610. The summed E-state index contributed by atoms with van der Waals surface area (Å²) >= 11 is 0. The molecule has 1 aliphatic carbocycles. The van der Waals surface area contributed by atoms with E-state index in [2.05, 4.69) is 19.6 Å². The normalized spacial score (nSPS) is 23.5. The molecule has 41 heavy (non-hydrogen) atoms. The number of hydrogen-bond acceptors (Lipinski definition) is 8. The number of amides is 1. The molecule has 2 saturated heterocycles. The van der Waals surface area contributed by atoms with Gasteiger partial charge in [0, 0.05) is 48.3 Å². The fourth-order valence-electron chi connectivity index (χ4n) is 6.62. The van der Waals surface area contributed by atoms with Gasteiger partial charge in [-0.1, -0.05) is 24.3 Å². The number of aromatic nitrogens is 2. The Morgan fingerprint density at radius 2 is 1.73 bits per heavy atom. The third-order valence-electron chi connectivity index (χ3n) is 8.82. The molecule has 0 unspecified atom stereocenters. The van der Waals surface area contributed by atoms with Crippen LogP contribution in [0.2, 0.25) is 0 Å². The second-order valence-electron chi connectivity index (χ2n) is 11.9. The molecule has 11 heteroatoms. The van der Waals surface area contributed by atoms with E-state index in [9.17, 15) is 13.2 Å². The second kappa shape index (κ2) is 9.78. The number of fused-ring (bicyclic) bond motifs is 6. The van der Waals surface area contributed by atoms with Crippen molar-refractivity contribution in [2.24, 2.45) is 5.41 Å². The molecule has 10 nitrogen and oxygen atoms in total. The first-order chi connectivity index (χ1) is 19.7. The number of carbonyl (C=O) groups is 1. The molecule has 1 spiro atoms. The number of hydrogen-bond donors (Lipinski definition) is 1. The zero-order valence-corrected chi connectivity index (χ0v) is 24.0. The lowest BCUT2D eigenvalue weighted by molar-refractivity contribution is -0.185. The van der Waals surface area contributed by atoms with Crippen LogP contribution < -0.4 is 9.46 Å². The van der Waals surface area contributed by atoms with E-state index < -0.39 is 10.0 Å². The molecule has 7 rings (SSSR count). The quantitative estimate of drug-likeness (QED) is 0.496. The Hall–Kier alpha value is -3.54. The SMILES string of the molecule is Cc1cccc(C)c1-c1cc2nc(n1)NS(=O)(=O)c1cccc(c1)C(=O)N1CCN(C3CC4(COC4)C3)C[C@H](C1)O2. The van der Waals surface area contributed by atoms with Gasteiger partial charge in [0.1, 0.15) is 6.10 Å². The van der Waals surface area contributed by atoms with Gasteiger partial charge in [-0.3, -0.25) is 9.69 Å². The molecule has 1 atom stereocenters. The van der Waals surface area contributed by atoms with Crippen molar-refractivity contribution in [1.82, 2.24) is 19.8 Å². The number of aryl methyl sites for hydroxylation is 2. The minimum atomic E-state index is -4.07. The molecule has 0 radical (unpaired) electrons. The third kappa shape index (κ3) is 4.85. The van der Waals surface area contributed by atoms with E-state index in [0.717, 1.165) is 49.3 Å². The van der Waals surface area contributed by atoms with Gasteiger partial charge in [0.15, 0.2) is 0 Å². The molecule has 4 heterocycles. The van der Waals surface area contributed by atoms with Gasteiger partial charge in [-0.05, 0) is 56.0 Å². The third-order valence-corrected chi connectivity index (χ3v) is 10.1. The van der Waals surface area contributed by atoms with E-state index in [1.807, 2.05) is 32.0 Å². The summed E-state index contributed by atoms with van der Waals surface area (Å²) in [6.07, 6.45) is 1.81. The summed E-state index contributed by atoms with van der Waals surface area (Å²) in [6.45, 7) is 7.89. The van der Waals surface area contributed by atoms with Crippen LogP contribution in [0.25, 0.3) is 11.3 Å².